The summed E-state index contributed by atoms with van der Waals surface area (Å²) in [6.07, 6.45) is 1.13. The highest BCUT2D eigenvalue weighted by atomic mass is 32.2. The second-order valence-electron chi connectivity index (χ2n) is 7.11. The molecule has 11 heteroatoms. The summed E-state index contributed by atoms with van der Waals surface area (Å²) >= 11 is 1.18. The molecule has 1 aromatic carbocycles. The van der Waals surface area contributed by atoms with Gasteiger partial charge >= 0.3 is 0 Å². The monoisotopic (exact) mass is 448 g/mol. The van der Waals surface area contributed by atoms with Crippen LogP contribution in [0, 0.1) is 0 Å². The predicted octanol–water partition coefficient (Wildman–Crippen LogP) is 1.60. The van der Waals surface area contributed by atoms with Crippen molar-refractivity contribution < 1.29 is 22.6 Å². The molecule has 2 fully saturated rings. The van der Waals surface area contributed by atoms with Gasteiger partial charge in [-0.2, -0.15) is 0 Å². The standard InChI is InChI=1S/C19H20N4O5S2/c24-30(25,17-7-4-8-29-17)21-15-11-27-19-16(12-28-18(15)19)23-9-13(20-22-23)10-26-14-5-2-1-3-6-14/h1-9,15-16,18-19,21H,10-12H2/t15-,16-,18+,19+/m0/s1. The summed E-state index contributed by atoms with van der Waals surface area (Å²) in [6.45, 7) is 0.916. The molecule has 0 unspecified atom stereocenters. The van der Waals surface area contributed by atoms with Gasteiger partial charge in [-0.1, -0.05) is 29.5 Å². The molecule has 2 aliphatic heterocycles. The molecule has 2 aliphatic rings. The molecule has 3 aromatic rings. The summed E-state index contributed by atoms with van der Waals surface area (Å²) in [7, 11) is -3.59. The lowest BCUT2D eigenvalue weighted by Crippen LogP contribution is -2.43. The number of aromatic nitrogens is 3. The summed E-state index contributed by atoms with van der Waals surface area (Å²) < 4.78 is 47.2. The highest BCUT2D eigenvalue weighted by Crippen LogP contribution is 2.34. The molecule has 0 radical (unpaired) electrons. The first kappa shape index (κ1) is 19.6. The minimum Gasteiger partial charge on any atom is -0.487 e. The third-order valence-electron chi connectivity index (χ3n) is 5.12. The Hall–Kier alpha value is -2.31. The number of rotatable bonds is 7. The molecule has 9 nitrogen and oxygen atoms in total. The van der Waals surface area contributed by atoms with Gasteiger partial charge in [0.05, 0.1) is 25.5 Å². The highest BCUT2D eigenvalue weighted by Gasteiger charge is 2.50. The lowest BCUT2D eigenvalue weighted by atomic mass is 10.1. The number of thiophene rings is 1. The first-order chi connectivity index (χ1) is 14.6. The molecule has 158 valence electrons. The number of ether oxygens (including phenoxy) is 3. The number of benzene rings is 1. The summed E-state index contributed by atoms with van der Waals surface area (Å²) in [5, 5.41) is 10.1. The summed E-state index contributed by atoms with van der Waals surface area (Å²) in [6, 6.07) is 12.2. The van der Waals surface area contributed by atoms with E-state index in [0.717, 1.165) is 5.75 Å². The van der Waals surface area contributed by atoms with E-state index in [1.165, 1.54) is 11.3 Å². The Bertz CT molecular complexity index is 1090. The van der Waals surface area contributed by atoms with Gasteiger partial charge in [0.1, 0.15) is 40.5 Å². The minimum atomic E-state index is -3.59. The summed E-state index contributed by atoms with van der Waals surface area (Å²) in [4.78, 5) is 0. The van der Waals surface area contributed by atoms with Crippen LogP contribution in [0.3, 0.4) is 0 Å². The van der Waals surface area contributed by atoms with Crippen LogP contribution in [0.5, 0.6) is 5.75 Å². The quantitative estimate of drug-likeness (QED) is 0.585. The van der Waals surface area contributed by atoms with Gasteiger partial charge in [0.25, 0.3) is 0 Å². The maximum Gasteiger partial charge on any atom is 0.250 e. The Labute approximate surface area is 177 Å². The van der Waals surface area contributed by atoms with Gasteiger partial charge < -0.3 is 14.2 Å². The first-order valence-electron chi connectivity index (χ1n) is 9.48. The van der Waals surface area contributed by atoms with Gasteiger partial charge in [0.2, 0.25) is 10.0 Å². The molecule has 2 saturated heterocycles. The molecule has 0 bridgehead atoms. The SMILES string of the molecule is O=S(=O)(N[C@H]1CO[C@H]2[C@@H]1OC[C@@H]2n1cc(COc2ccccc2)nn1)c1cccs1. The Morgan fingerprint density at radius 1 is 1.13 bits per heavy atom. The molecule has 2 aromatic heterocycles. The van der Waals surface area contributed by atoms with Crippen molar-refractivity contribution in [3.63, 3.8) is 0 Å². The van der Waals surface area contributed by atoms with Crippen LogP contribution in [0.2, 0.25) is 0 Å². The summed E-state index contributed by atoms with van der Waals surface area (Å²) in [5.41, 5.74) is 0.690. The van der Waals surface area contributed by atoms with E-state index in [4.69, 9.17) is 14.2 Å². The normalized spacial score (nSPS) is 26.0. The number of fused-ring (bicyclic) bond motifs is 1. The van der Waals surface area contributed by atoms with Crippen LogP contribution in [0.4, 0.5) is 0 Å². The first-order valence-corrected chi connectivity index (χ1v) is 11.8. The fourth-order valence-electron chi connectivity index (χ4n) is 3.70. The van der Waals surface area contributed by atoms with Crippen LogP contribution in [0.15, 0.2) is 58.3 Å². The Kier molecular flexibility index (Phi) is 5.29. The zero-order chi connectivity index (χ0) is 20.6. The highest BCUT2D eigenvalue weighted by molar-refractivity contribution is 7.91. The van der Waals surface area contributed by atoms with Gasteiger partial charge in [-0.25, -0.2) is 17.8 Å². The Balaban J connectivity index is 1.23. The van der Waals surface area contributed by atoms with Gasteiger partial charge in [-0.05, 0) is 23.6 Å². The average Bonchev–Trinajstić information content (AvgIpc) is 3.52. The molecular formula is C19H20N4O5S2. The van der Waals surface area contributed by atoms with Crippen molar-refractivity contribution >= 4 is 21.4 Å². The Morgan fingerprint density at radius 2 is 1.97 bits per heavy atom. The van der Waals surface area contributed by atoms with E-state index in [-0.39, 0.29) is 29.1 Å². The Morgan fingerprint density at radius 3 is 2.77 bits per heavy atom. The predicted molar refractivity (Wildman–Crippen MR) is 108 cm³/mol. The largest absolute Gasteiger partial charge is 0.487 e. The zero-order valence-electron chi connectivity index (χ0n) is 15.8. The van der Waals surface area contributed by atoms with Crippen LogP contribution in [-0.4, -0.2) is 54.9 Å². The minimum absolute atomic E-state index is 0.177. The van der Waals surface area contributed by atoms with Crippen LogP contribution < -0.4 is 9.46 Å². The van der Waals surface area contributed by atoms with E-state index < -0.39 is 16.1 Å². The molecule has 0 spiro atoms. The van der Waals surface area contributed by atoms with Gasteiger partial charge in [0, 0.05) is 0 Å². The fourth-order valence-corrected chi connectivity index (χ4v) is 5.94. The molecular weight excluding hydrogens is 428 g/mol. The third kappa shape index (κ3) is 3.86. The fraction of sp³-hybridized carbons (Fsp3) is 0.368. The summed E-state index contributed by atoms with van der Waals surface area (Å²) in [5.74, 6) is 0.760. The van der Waals surface area contributed by atoms with E-state index in [1.54, 1.807) is 22.2 Å². The number of sulfonamides is 1. The van der Waals surface area contributed by atoms with E-state index in [1.807, 2.05) is 36.5 Å². The van der Waals surface area contributed by atoms with E-state index in [0.29, 0.717) is 18.9 Å². The van der Waals surface area contributed by atoms with E-state index in [9.17, 15) is 8.42 Å². The van der Waals surface area contributed by atoms with Crippen molar-refractivity contribution in [2.75, 3.05) is 13.2 Å². The van der Waals surface area contributed by atoms with Crippen LogP contribution >= 0.6 is 11.3 Å². The molecule has 4 heterocycles. The third-order valence-corrected chi connectivity index (χ3v) is 8.01. The molecule has 0 amide bonds. The van der Waals surface area contributed by atoms with Gasteiger partial charge in [-0.15, -0.1) is 16.4 Å². The maximum atomic E-state index is 12.5. The van der Waals surface area contributed by atoms with E-state index >= 15 is 0 Å². The number of nitrogens with one attached hydrogen (secondary N) is 1. The van der Waals surface area contributed by atoms with E-state index in [2.05, 4.69) is 15.0 Å². The molecule has 5 rings (SSSR count). The molecule has 0 aliphatic carbocycles. The van der Waals surface area contributed by atoms with Crippen molar-refractivity contribution in [2.24, 2.45) is 0 Å². The van der Waals surface area contributed by atoms with Crippen molar-refractivity contribution in [3.05, 3.63) is 59.7 Å². The second kappa shape index (κ2) is 8.08. The molecule has 1 N–H and O–H groups in total. The number of para-hydroxylation sites is 1. The smallest absolute Gasteiger partial charge is 0.250 e. The lowest BCUT2D eigenvalue weighted by Gasteiger charge is -2.17. The van der Waals surface area contributed by atoms with Crippen molar-refractivity contribution in [3.8, 4) is 5.75 Å². The second-order valence-corrected chi connectivity index (χ2v) is 10.0. The maximum absolute atomic E-state index is 12.5. The van der Waals surface area contributed by atoms with Crippen LogP contribution in [-0.2, 0) is 26.1 Å². The molecule has 30 heavy (non-hydrogen) atoms. The van der Waals surface area contributed by atoms with Gasteiger partial charge in [0.15, 0.2) is 0 Å². The van der Waals surface area contributed by atoms with Crippen LogP contribution in [0.25, 0.3) is 0 Å². The van der Waals surface area contributed by atoms with Crippen molar-refractivity contribution in [1.82, 2.24) is 19.7 Å². The zero-order valence-corrected chi connectivity index (χ0v) is 17.5. The molecule has 0 saturated carbocycles. The number of nitrogens with zero attached hydrogens (tertiary/aromatic N) is 3. The number of hydrogen-bond donors (Lipinski definition) is 1. The number of hydrogen-bond acceptors (Lipinski definition) is 8. The van der Waals surface area contributed by atoms with Crippen molar-refractivity contribution in [1.29, 1.82) is 0 Å². The topological polar surface area (TPSA) is 105 Å². The average molecular weight is 449 g/mol. The van der Waals surface area contributed by atoms with Crippen molar-refractivity contribution in [2.45, 2.75) is 35.1 Å². The molecule has 4 atom stereocenters. The lowest BCUT2D eigenvalue weighted by molar-refractivity contribution is 0.0624. The van der Waals surface area contributed by atoms with Gasteiger partial charge in [-0.3, -0.25) is 0 Å². The van der Waals surface area contributed by atoms with Crippen LogP contribution in [0.1, 0.15) is 11.7 Å².